The second kappa shape index (κ2) is 9.08. The van der Waals surface area contributed by atoms with Gasteiger partial charge in [-0.25, -0.2) is 9.97 Å². The van der Waals surface area contributed by atoms with Crippen LogP contribution in [0, 0.1) is 0 Å². The lowest BCUT2D eigenvalue weighted by molar-refractivity contribution is 0.0996. The SMILES string of the molecule is CNCc1nc(N(C)C(C)C)cc2c1CN(c1cccc(-c3nncn3-c3ccc4c(c3)CC4)n1)C2=O. The molecule has 1 amide bonds. The summed E-state index contributed by atoms with van der Waals surface area (Å²) >= 11 is 0. The van der Waals surface area contributed by atoms with Crippen molar-refractivity contribution in [3.05, 3.63) is 76.7 Å². The summed E-state index contributed by atoms with van der Waals surface area (Å²) in [6.45, 7) is 5.23. The Morgan fingerprint density at radius 1 is 1.08 bits per heavy atom. The number of aryl methyl sites for hydroxylation is 2. The highest BCUT2D eigenvalue weighted by atomic mass is 16.2. The minimum absolute atomic E-state index is 0.0679. The van der Waals surface area contributed by atoms with Crippen LogP contribution >= 0.6 is 0 Å². The number of amides is 1. The lowest BCUT2D eigenvalue weighted by Gasteiger charge is -2.24. The van der Waals surface area contributed by atoms with Crippen molar-refractivity contribution < 1.29 is 4.79 Å². The third kappa shape index (κ3) is 3.95. The number of carbonyl (C=O) groups excluding carboxylic acids is 1. The number of hydrogen-bond donors (Lipinski definition) is 1. The van der Waals surface area contributed by atoms with Crippen molar-refractivity contribution in [1.29, 1.82) is 0 Å². The van der Waals surface area contributed by atoms with Gasteiger partial charge in [0.05, 0.1) is 17.8 Å². The van der Waals surface area contributed by atoms with Crippen molar-refractivity contribution in [1.82, 2.24) is 30.0 Å². The molecule has 4 aromatic rings. The van der Waals surface area contributed by atoms with Gasteiger partial charge in [-0.1, -0.05) is 12.1 Å². The van der Waals surface area contributed by atoms with Crippen LogP contribution in [0.15, 0.2) is 48.8 Å². The molecule has 1 aliphatic carbocycles. The molecule has 3 aromatic heterocycles. The van der Waals surface area contributed by atoms with Crippen LogP contribution in [0.1, 0.15) is 46.6 Å². The number of aromatic nitrogens is 5. The molecule has 1 aromatic carbocycles. The van der Waals surface area contributed by atoms with Crippen LogP contribution in [0.4, 0.5) is 11.6 Å². The van der Waals surface area contributed by atoms with Crippen LogP contribution in [0.3, 0.4) is 0 Å². The van der Waals surface area contributed by atoms with E-state index in [4.69, 9.17) is 9.97 Å². The molecule has 6 rings (SSSR count). The maximum absolute atomic E-state index is 13.6. The zero-order valence-corrected chi connectivity index (χ0v) is 21.6. The number of hydrogen-bond acceptors (Lipinski definition) is 7. The smallest absolute Gasteiger partial charge is 0.260 e. The average molecular weight is 495 g/mol. The number of nitrogens with zero attached hydrogens (tertiary/aromatic N) is 7. The Morgan fingerprint density at radius 2 is 1.92 bits per heavy atom. The number of fused-ring (bicyclic) bond motifs is 2. The molecule has 0 unspecified atom stereocenters. The molecule has 0 fully saturated rings. The summed E-state index contributed by atoms with van der Waals surface area (Å²) in [5.41, 5.74) is 6.95. The number of rotatable bonds is 7. The first-order valence-corrected chi connectivity index (χ1v) is 12.7. The highest BCUT2D eigenvalue weighted by Crippen LogP contribution is 2.33. The van der Waals surface area contributed by atoms with Gasteiger partial charge >= 0.3 is 0 Å². The normalized spacial score (nSPS) is 14.1. The van der Waals surface area contributed by atoms with E-state index in [-0.39, 0.29) is 11.9 Å². The predicted octanol–water partition coefficient (Wildman–Crippen LogP) is 3.55. The van der Waals surface area contributed by atoms with E-state index in [0.717, 1.165) is 35.6 Å². The van der Waals surface area contributed by atoms with Gasteiger partial charge in [0.2, 0.25) is 0 Å². The average Bonchev–Trinajstić information content (AvgIpc) is 3.50. The molecule has 0 radical (unpaired) electrons. The van der Waals surface area contributed by atoms with E-state index in [1.807, 2.05) is 42.9 Å². The zero-order chi connectivity index (χ0) is 25.7. The Bertz CT molecular complexity index is 1510. The van der Waals surface area contributed by atoms with Gasteiger partial charge in [-0.2, -0.15) is 0 Å². The Balaban J connectivity index is 1.35. The number of anilines is 2. The Morgan fingerprint density at radius 3 is 2.65 bits per heavy atom. The van der Waals surface area contributed by atoms with Crippen LogP contribution < -0.4 is 15.1 Å². The van der Waals surface area contributed by atoms with Crippen molar-refractivity contribution in [3.63, 3.8) is 0 Å². The van der Waals surface area contributed by atoms with E-state index >= 15 is 0 Å². The minimum atomic E-state index is -0.0679. The molecule has 0 spiro atoms. The number of pyridine rings is 2. The Kier molecular flexibility index (Phi) is 5.72. The van der Waals surface area contributed by atoms with E-state index in [1.54, 1.807) is 11.2 Å². The van der Waals surface area contributed by atoms with Crippen LogP contribution in [0.5, 0.6) is 0 Å². The fourth-order valence-corrected chi connectivity index (χ4v) is 4.92. The van der Waals surface area contributed by atoms with E-state index in [0.29, 0.717) is 36.0 Å². The summed E-state index contributed by atoms with van der Waals surface area (Å²) < 4.78 is 1.95. The Hall–Kier alpha value is -4.11. The zero-order valence-electron chi connectivity index (χ0n) is 21.6. The van der Waals surface area contributed by atoms with Gasteiger partial charge < -0.3 is 10.2 Å². The van der Waals surface area contributed by atoms with Gasteiger partial charge in [0.1, 0.15) is 23.7 Å². The fraction of sp³-hybridized carbons (Fsp3) is 0.321. The van der Waals surface area contributed by atoms with Gasteiger partial charge in [0.15, 0.2) is 5.82 Å². The molecule has 2 aliphatic rings. The maximum Gasteiger partial charge on any atom is 0.260 e. The molecule has 9 nitrogen and oxygen atoms in total. The summed E-state index contributed by atoms with van der Waals surface area (Å²) in [5, 5.41) is 11.7. The second-order valence-corrected chi connectivity index (χ2v) is 9.94. The number of benzene rings is 1. The van der Waals surface area contributed by atoms with E-state index < -0.39 is 0 Å². The van der Waals surface area contributed by atoms with E-state index in [2.05, 4.69) is 52.5 Å². The standard InChI is InChI=1S/C28H30N8O/c1-17(2)34(4)26-13-21-22(24(32-26)14-29-3)15-35(28(21)37)25-7-5-6-23(31-25)27-33-30-16-36(27)20-11-10-18-8-9-19(18)12-20/h5-7,10-13,16-17,29H,8-9,14-15H2,1-4H3. The van der Waals surface area contributed by atoms with Crippen LogP contribution in [0.2, 0.25) is 0 Å². The topological polar surface area (TPSA) is 92.1 Å². The summed E-state index contributed by atoms with van der Waals surface area (Å²) in [5.74, 6) is 1.95. The van der Waals surface area contributed by atoms with Gasteiger partial charge in [-0.15, -0.1) is 10.2 Å². The highest BCUT2D eigenvalue weighted by Gasteiger charge is 2.33. The first kappa shape index (κ1) is 23.3. The number of nitrogens with one attached hydrogen (secondary N) is 1. The second-order valence-electron chi connectivity index (χ2n) is 9.94. The van der Waals surface area contributed by atoms with Crippen LogP contribution in [-0.2, 0) is 25.9 Å². The summed E-state index contributed by atoms with van der Waals surface area (Å²) in [6.07, 6.45) is 3.95. The molecule has 9 heteroatoms. The third-order valence-corrected chi connectivity index (χ3v) is 7.39. The summed E-state index contributed by atoms with van der Waals surface area (Å²) in [6, 6.07) is 14.3. The first-order chi connectivity index (χ1) is 17.9. The van der Waals surface area contributed by atoms with Crippen molar-refractivity contribution in [2.45, 2.75) is 45.8 Å². The van der Waals surface area contributed by atoms with Crippen molar-refractivity contribution in [2.24, 2.45) is 0 Å². The van der Waals surface area contributed by atoms with Crippen molar-refractivity contribution in [2.75, 3.05) is 23.9 Å². The first-order valence-electron chi connectivity index (χ1n) is 12.7. The third-order valence-electron chi connectivity index (χ3n) is 7.39. The molecule has 1 aliphatic heterocycles. The molecular formula is C28H30N8O. The van der Waals surface area contributed by atoms with Crippen LogP contribution in [0.25, 0.3) is 17.2 Å². The van der Waals surface area contributed by atoms with Gasteiger partial charge in [-0.3, -0.25) is 14.3 Å². The maximum atomic E-state index is 13.6. The van der Waals surface area contributed by atoms with Crippen LogP contribution in [-0.4, -0.2) is 50.8 Å². The molecule has 0 saturated heterocycles. The molecule has 4 heterocycles. The fourth-order valence-electron chi connectivity index (χ4n) is 4.92. The Labute approximate surface area is 216 Å². The summed E-state index contributed by atoms with van der Waals surface area (Å²) in [7, 11) is 3.89. The molecule has 188 valence electrons. The lowest BCUT2D eigenvalue weighted by Crippen LogP contribution is -2.27. The lowest BCUT2D eigenvalue weighted by atomic mass is 9.88. The predicted molar refractivity (Wildman–Crippen MR) is 143 cm³/mol. The van der Waals surface area contributed by atoms with Crippen molar-refractivity contribution >= 4 is 17.5 Å². The molecule has 1 N–H and O–H groups in total. The van der Waals surface area contributed by atoms with Gasteiger partial charge in [0, 0.05) is 30.9 Å². The minimum Gasteiger partial charge on any atom is -0.357 e. The van der Waals surface area contributed by atoms with Gasteiger partial charge in [-0.05, 0) is 75.2 Å². The molecule has 37 heavy (non-hydrogen) atoms. The van der Waals surface area contributed by atoms with Crippen molar-refractivity contribution in [3.8, 4) is 17.2 Å². The quantitative estimate of drug-likeness (QED) is 0.420. The molecule has 0 saturated carbocycles. The summed E-state index contributed by atoms with van der Waals surface area (Å²) in [4.78, 5) is 27.2. The highest BCUT2D eigenvalue weighted by molar-refractivity contribution is 6.10. The number of carbonyl (C=O) groups is 1. The van der Waals surface area contributed by atoms with E-state index in [9.17, 15) is 4.79 Å². The molecule has 0 atom stereocenters. The molecule has 0 bridgehead atoms. The van der Waals surface area contributed by atoms with Gasteiger partial charge in [0.25, 0.3) is 5.91 Å². The monoisotopic (exact) mass is 494 g/mol. The van der Waals surface area contributed by atoms with E-state index in [1.165, 1.54) is 11.1 Å². The molecular weight excluding hydrogens is 464 g/mol. The largest absolute Gasteiger partial charge is 0.357 e.